The zero-order valence-corrected chi connectivity index (χ0v) is 19.1. The third-order valence-electron chi connectivity index (χ3n) is 4.59. The highest BCUT2D eigenvalue weighted by atomic mass is 79.9. The molecule has 2 aromatic rings. The Morgan fingerprint density at radius 3 is 2.67 bits per heavy atom. The van der Waals surface area contributed by atoms with Gasteiger partial charge >= 0.3 is 5.97 Å². The molecule has 3 rings (SSSR count). The monoisotopic (exact) mass is 538 g/mol. The van der Waals surface area contributed by atoms with Crippen molar-refractivity contribution < 1.29 is 28.8 Å². The molecule has 0 radical (unpaired) electrons. The van der Waals surface area contributed by atoms with Gasteiger partial charge in [-0.3, -0.25) is 39.7 Å². The first-order valence-corrected chi connectivity index (χ1v) is 10.6. The molecular weight excluding hydrogens is 524 g/mol. The number of hydrogen-bond acceptors (Lipinski definition) is 7. The van der Waals surface area contributed by atoms with Crippen LogP contribution in [0.1, 0.15) is 16.8 Å². The van der Waals surface area contributed by atoms with Gasteiger partial charge in [0.15, 0.2) is 6.61 Å². The van der Waals surface area contributed by atoms with Crippen molar-refractivity contribution in [1.29, 1.82) is 0 Å². The molecule has 1 atom stereocenters. The summed E-state index contributed by atoms with van der Waals surface area (Å²) in [6.07, 6.45) is -0.254. The second-order valence-corrected chi connectivity index (χ2v) is 8.22. The number of amides is 3. The first-order valence-electron chi connectivity index (χ1n) is 9.42. The summed E-state index contributed by atoms with van der Waals surface area (Å²) in [5.74, 6) is -3.79. The van der Waals surface area contributed by atoms with E-state index < -0.39 is 46.8 Å². The predicted molar refractivity (Wildman–Crippen MR) is 119 cm³/mol. The zero-order chi connectivity index (χ0) is 24.1. The Hall–Kier alpha value is -3.51. The Balaban J connectivity index is 1.53. The molecule has 1 fully saturated rings. The number of halogens is 2. The highest BCUT2D eigenvalue weighted by Crippen LogP contribution is 2.25. The number of nitrogens with one attached hydrogen (secondary N) is 2. The number of nitro groups is 1. The number of hydrogen-bond donors (Lipinski definition) is 2. The minimum absolute atomic E-state index is 0.204. The molecule has 3 amide bonds. The smallest absolute Gasteiger partial charge is 0.311 e. The lowest BCUT2D eigenvalue weighted by Gasteiger charge is -2.17. The van der Waals surface area contributed by atoms with Gasteiger partial charge in [-0.2, -0.15) is 0 Å². The largest absolute Gasteiger partial charge is 0.455 e. The van der Waals surface area contributed by atoms with Crippen LogP contribution < -0.4 is 10.7 Å². The van der Waals surface area contributed by atoms with Gasteiger partial charge in [0.1, 0.15) is 5.56 Å². The van der Waals surface area contributed by atoms with E-state index in [0.717, 1.165) is 15.5 Å². The first-order chi connectivity index (χ1) is 15.7. The number of carbonyl (C=O) groups excluding carboxylic acids is 4. The molecule has 33 heavy (non-hydrogen) atoms. The van der Waals surface area contributed by atoms with E-state index in [1.165, 1.54) is 18.2 Å². The summed E-state index contributed by atoms with van der Waals surface area (Å²) in [5.41, 5.74) is 1.95. The van der Waals surface area contributed by atoms with Crippen molar-refractivity contribution in [2.24, 2.45) is 5.92 Å². The lowest BCUT2D eigenvalue weighted by Crippen LogP contribution is -2.43. The normalized spacial score (nSPS) is 15.2. The Morgan fingerprint density at radius 2 is 1.97 bits per heavy atom. The van der Waals surface area contributed by atoms with Gasteiger partial charge in [0, 0.05) is 17.0 Å². The summed E-state index contributed by atoms with van der Waals surface area (Å²) in [5, 5.41) is 14.8. The van der Waals surface area contributed by atoms with Gasteiger partial charge < -0.3 is 10.1 Å². The van der Waals surface area contributed by atoms with Crippen molar-refractivity contribution in [3.63, 3.8) is 0 Å². The lowest BCUT2D eigenvalue weighted by atomic mass is 10.1. The Kier molecular flexibility index (Phi) is 7.61. The van der Waals surface area contributed by atoms with Crippen molar-refractivity contribution in [1.82, 2.24) is 10.4 Å². The second kappa shape index (κ2) is 10.4. The Bertz CT molecular complexity index is 1140. The molecule has 0 bridgehead atoms. The SMILES string of the molecule is O=C(COC(=O)[C@@H]1CC(=O)N(NC(=O)c2ccccc2[N+](=O)[O-])C1)Nc1ccc(Br)cc1Cl. The molecule has 0 saturated carbocycles. The molecule has 1 saturated heterocycles. The van der Waals surface area contributed by atoms with Crippen LogP contribution in [-0.2, 0) is 19.1 Å². The maximum absolute atomic E-state index is 12.4. The van der Waals surface area contributed by atoms with Gasteiger partial charge in [-0.1, -0.05) is 39.7 Å². The van der Waals surface area contributed by atoms with Gasteiger partial charge in [0.05, 0.1) is 28.1 Å². The quantitative estimate of drug-likeness (QED) is 0.312. The van der Waals surface area contributed by atoms with Crippen LogP contribution in [0.3, 0.4) is 0 Å². The number of carbonyl (C=O) groups is 4. The van der Waals surface area contributed by atoms with Crippen molar-refractivity contribution in [3.8, 4) is 0 Å². The fourth-order valence-electron chi connectivity index (χ4n) is 3.01. The minimum atomic E-state index is -0.923. The molecule has 11 nitrogen and oxygen atoms in total. The van der Waals surface area contributed by atoms with Crippen LogP contribution in [0.5, 0.6) is 0 Å². The van der Waals surface area contributed by atoms with Crippen molar-refractivity contribution in [3.05, 3.63) is 67.6 Å². The Morgan fingerprint density at radius 1 is 1.24 bits per heavy atom. The summed E-state index contributed by atoms with van der Waals surface area (Å²) in [6, 6.07) is 10.1. The van der Waals surface area contributed by atoms with E-state index in [2.05, 4.69) is 26.7 Å². The van der Waals surface area contributed by atoms with E-state index in [1.807, 2.05) is 0 Å². The molecule has 13 heteroatoms. The summed E-state index contributed by atoms with van der Waals surface area (Å²) < 4.78 is 5.70. The van der Waals surface area contributed by atoms with Crippen LogP contribution in [0.15, 0.2) is 46.9 Å². The van der Waals surface area contributed by atoms with Crippen LogP contribution in [0.4, 0.5) is 11.4 Å². The zero-order valence-electron chi connectivity index (χ0n) is 16.7. The van der Waals surface area contributed by atoms with Crippen LogP contribution in [0.25, 0.3) is 0 Å². The van der Waals surface area contributed by atoms with Gasteiger partial charge in [-0.05, 0) is 24.3 Å². The average molecular weight is 540 g/mol. The van der Waals surface area contributed by atoms with Gasteiger partial charge in [0.25, 0.3) is 17.5 Å². The fourth-order valence-corrected chi connectivity index (χ4v) is 3.73. The number of hydrazine groups is 1. The molecule has 1 aliphatic rings. The highest BCUT2D eigenvalue weighted by molar-refractivity contribution is 9.10. The van der Waals surface area contributed by atoms with Crippen molar-refractivity contribution >= 4 is 62.6 Å². The molecule has 172 valence electrons. The summed E-state index contributed by atoms with van der Waals surface area (Å²) >= 11 is 9.26. The molecule has 2 aromatic carbocycles. The summed E-state index contributed by atoms with van der Waals surface area (Å²) in [6.45, 7) is -0.803. The number of para-hydroxylation sites is 1. The van der Waals surface area contributed by atoms with Crippen LogP contribution in [-0.4, -0.2) is 46.8 Å². The van der Waals surface area contributed by atoms with E-state index in [-0.39, 0.29) is 23.6 Å². The maximum atomic E-state index is 12.4. The van der Waals surface area contributed by atoms with Gasteiger partial charge in [-0.25, -0.2) is 0 Å². The molecule has 0 aromatic heterocycles. The average Bonchev–Trinajstić information content (AvgIpc) is 3.14. The summed E-state index contributed by atoms with van der Waals surface area (Å²) in [4.78, 5) is 59.3. The van der Waals surface area contributed by atoms with E-state index in [4.69, 9.17) is 16.3 Å². The number of rotatable bonds is 7. The second-order valence-electron chi connectivity index (χ2n) is 6.90. The van der Waals surface area contributed by atoms with E-state index >= 15 is 0 Å². The van der Waals surface area contributed by atoms with Gasteiger partial charge in [-0.15, -0.1) is 0 Å². The van der Waals surface area contributed by atoms with Crippen molar-refractivity contribution in [2.75, 3.05) is 18.5 Å². The molecule has 0 aliphatic carbocycles. The third-order valence-corrected chi connectivity index (χ3v) is 5.40. The van der Waals surface area contributed by atoms with Crippen LogP contribution >= 0.6 is 27.5 Å². The molecule has 0 spiro atoms. The fraction of sp³-hybridized carbons (Fsp3) is 0.200. The standard InChI is InChI=1S/C20H16BrClN4O7/c21-12-5-6-15(14(22)8-12)23-17(27)10-33-20(30)11-7-18(28)25(9-11)24-19(29)13-3-1-2-4-16(13)26(31)32/h1-6,8,11H,7,9-10H2,(H,23,27)(H,24,29)/t11-/m1/s1. The van der Waals surface area contributed by atoms with Crippen molar-refractivity contribution in [2.45, 2.75) is 6.42 Å². The minimum Gasteiger partial charge on any atom is -0.455 e. The highest BCUT2D eigenvalue weighted by Gasteiger charge is 2.37. The first kappa shape index (κ1) is 24.1. The Labute approximate surface area is 200 Å². The molecule has 2 N–H and O–H groups in total. The summed E-state index contributed by atoms with van der Waals surface area (Å²) in [7, 11) is 0. The van der Waals surface area contributed by atoms with Crippen LogP contribution in [0, 0.1) is 16.0 Å². The number of ether oxygens (including phenoxy) is 1. The van der Waals surface area contributed by atoms with E-state index in [1.54, 1.807) is 18.2 Å². The van der Waals surface area contributed by atoms with Crippen LogP contribution in [0.2, 0.25) is 5.02 Å². The number of nitrogens with zero attached hydrogens (tertiary/aromatic N) is 2. The molecule has 0 unspecified atom stereocenters. The molecular formula is C20H16BrClN4O7. The third kappa shape index (κ3) is 6.05. The number of nitro benzene ring substituents is 1. The lowest BCUT2D eigenvalue weighted by molar-refractivity contribution is -0.385. The molecule has 1 aliphatic heterocycles. The topological polar surface area (TPSA) is 148 Å². The number of benzene rings is 2. The predicted octanol–water partition coefficient (Wildman–Crippen LogP) is 2.69. The molecule has 1 heterocycles. The van der Waals surface area contributed by atoms with Gasteiger partial charge in [0.2, 0.25) is 5.91 Å². The maximum Gasteiger partial charge on any atom is 0.311 e. The number of esters is 1. The number of anilines is 1. The van der Waals surface area contributed by atoms with E-state index in [9.17, 15) is 29.3 Å². The van der Waals surface area contributed by atoms with E-state index in [0.29, 0.717) is 5.69 Å².